The molecule has 7 nitrogen and oxygen atoms in total. The van der Waals surface area contributed by atoms with Crippen LogP contribution in [-0.4, -0.2) is 34.6 Å². The highest BCUT2D eigenvalue weighted by molar-refractivity contribution is 7.92. The summed E-state index contributed by atoms with van der Waals surface area (Å²) < 4.78 is 39.0. The zero-order valence-electron chi connectivity index (χ0n) is 17.6. The summed E-state index contributed by atoms with van der Waals surface area (Å²) in [5, 5.41) is 2.71. The maximum atomic E-state index is 12.8. The number of para-hydroxylation sites is 2. The third-order valence-electron chi connectivity index (χ3n) is 4.47. The van der Waals surface area contributed by atoms with Gasteiger partial charge in [-0.15, -0.1) is 0 Å². The monoisotopic (exact) mass is 474 g/mol. The Hall–Kier alpha value is -3.23. The second-order valence-corrected chi connectivity index (χ2v) is 8.93. The third-order valence-corrected chi connectivity index (χ3v) is 6.33. The Bertz CT molecular complexity index is 1210. The van der Waals surface area contributed by atoms with Crippen molar-refractivity contribution < 1.29 is 22.7 Å². The van der Waals surface area contributed by atoms with E-state index in [1.54, 1.807) is 37.4 Å². The molecule has 0 atom stereocenters. The Morgan fingerprint density at radius 1 is 1.00 bits per heavy atom. The van der Waals surface area contributed by atoms with Crippen LogP contribution >= 0.6 is 11.6 Å². The average Bonchev–Trinajstić information content (AvgIpc) is 2.76. The van der Waals surface area contributed by atoms with Crippen LogP contribution in [0.1, 0.15) is 15.9 Å². The van der Waals surface area contributed by atoms with Gasteiger partial charge in [-0.25, -0.2) is 8.42 Å². The van der Waals surface area contributed by atoms with Crippen molar-refractivity contribution in [3.05, 3.63) is 82.9 Å². The fourth-order valence-corrected chi connectivity index (χ4v) is 4.51. The lowest BCUT2D eigenvalue weighted by Gasteiger charge is -2.13. The Labute approximate surface area is 192 Å². The molecular formula is C23H23ClN2O5S. The van der Waals surface area contributed by atoms with Gasteiger partial charge in [0.2, 0.25) is 0 Å². The molecule has 0 aliphatic heterocycles. The number of carbonyl (C=O) groups is 1. The van der Waals surface area contributed by atoms with Gasteiger partial charge in [-0.2, -0.15) is 0 Å². The van der Waals surface area contributed by atoms with Crippen LogP contribution in [0.4, 0.5) is 5.69 Å². The molecule has 0 heterocycles. The fraction of sp³-hybridized carbons (Fsp3) is 0.174. The first kappa shape index (κ1) is 23.4. The molecule has 3 rings (SSSR count). The van der Waals surface area contributed by atoms with Gasteiger partial charge >= 0.3 is 0 Å². The number of halogens is 1. The van der Waals surface area contributed by atoms with Crippen molar-refractivity contribution in [3.8, 4) is 11.5 Å². The summed E-state index contributed by atoms with van der Waals surface area (Å²) in [6, 6.07) is 18.2. The summed E-state index contributed by atoms with van der Waals surface area (Å²) in [4.78, 5) is 12.3. The van der Waals surface area contributed by atoms with E-state index in [2.05, 4.69) is 10.0 Å². The van der Waals surface area contributed by atoms with Crippen molar-refractivity contribution in [1.82, 2.24) is 5.32 Å². The van der Waals surface area contributed by atoms with Gasteiger partial charge in [0.05, 0.1) is 18.7 Å². The van der Waals surface area contributed by atoms with E-state index in [-0.39, 0.29) is 28.6 Å². The van der Waals surface area contributed by atoms with Gasteiger partial charge in [-0.1, -0.05) is 35.9 Å². The van der Waals surface area contributed by atoms with Gasteiger partial charge in [0.15, 0.2) is 11.5 Å². The lowest BCUT2D eigenvalue weighted by molar-refractivity contribution is 0.0946. The second-order valence-electron chi connectivity index (χ2n) is 6.88. The molecule has 0 radical (unpaired) electrons. The molecule has 0 saturated carbocycles. The van der Waals surface area contributed by atoms with Gasteiger partial charge in [-0.05, 0) is 55.0 Å². The summed E-state index contributed by atoms with van der Waals surface area (Å²) >= 11 is 6.12. The maximum Gasteiger partial charge on any atom is 0.263 e. The van der Waals surface area contributed by atoms with E-state index < -0.39 is 15.9 Å². The normalized spacial score (nSPS) is 11.0. The summed E-state index contributed by atoms with van der Waals surface area (Å²) in [6.45, 7) is 2.27. The number of anilines is 1. The van der Waals surface area contributed by atoms with Crippen LogP contribution in [0.3, 0.4) is 0 Å². The first-order valence-electron chi connectivity index (χ1n) is 9.73. The van der Waals surface area contributed by atoms with E-state index in [4.69, 9.17) is 21.1 Å². The highest BCUT2D eigenvalue weighted by Crippen LogP contribution is 2.26. The summed E-state index contributed by atoms with van der Waals surface area (Å²) in [5.74, 6) is 0.705. The Morgan fingerprint density at radius 3 is 2.47 bits per heavy atom. The lowest BCUT2D eigenvalue weighted by Crippen LogP contribution is -2.28. The van der Waals surface area contributed by atoms with Crippen molar-refractivity contribution >= 4 is 33.2 Å². The topological polar surface area (TPSA) is 93.7 Å². The first-order valence-corrected chi connectivity index (χ1v) is 11.6. The molecule has 0 aliphatic carbocycles. The van der Waals surface area contributed by atoms with Crippen LogP contribution in [0.25, 0.3) is 0 Å². The van der Waals surface area contributed by atoms with Crippen molar-refractivity contribution in [2.24, 2.45) is 0 Å². The van der Waals surface area contributed by atoms with Crippen LogP contribution in [0, 0.1) is 6.92 Å². The fourth-order valence-electron chi connectivity index (χ4n) is 2.93. The van der Waals surface area contributed by atoms with Gasteiger partial charge in [0.1, 0.15) is 11.5 Å². The van der Waals surface area contributed by atoms with Gasteiger partial charge < -0.3 is 14.8 Å². The number of hydrogen-bond donors (Lipinski definition) is 2. The number of hydrogen-bond acceptors (Lipinski definition) is 5. The molecule has 1 amide bonds. The zero-order valence-corrected chi connectivity index (χ0v) is 19.2. The standard InChI is InChI=1S/C23H23ClN2O5S/c1-16-6-5-7-18(14-16)26-32(28,29)22-15-17(10-11-19(22)24)23(27)25-12-13-31-21-9-4-3-8-20(21)30-2/h3-11,14-15,26H,12-13H2,1-2H3,(H,25,27). The maximum absolute atomic E-state index is 12.8. The number of methoxy groups -OCH3 is 1. The van der Waals surface area contributed by atoms with Crippen molar-refractivity contribution in [3.63, 3.8) is 0 Å². The molecule has 2 N–H and O–H groups in total. The van der Waals surface area contributed by atoms with E-state index in [1.807, 2.05) is 25.1 Å². The quantitative estimate of drug-likeness (QED) is 0.452. The number of rotatable bonds is 9. The Kier molecular flexibility index (Phi) is 7.61. The van der Waals surface area contributed by atoms with E-state index in [9.17, 15) is 13.2 Å². The van der Waals surface area contributed by atoms with Crippen LogP contribution < -0.4 is 19.5 Å². The largest absolute Gasteiger partial charge is 0.493 e. The first-order chi connectivity index (χ1) is 15.3. The van der Waals surface area contributed by atoms with Gasteiger partial charge in [0, 0.05) is 11.3 Å². The number of aryl methyl sites for hydroxylation is 1. The van der Waals surface area contributed by atoms with E-state index >= 15 is 0 Å². The zero-order chi connectivity index (χ0) is 23.1. The number of ether oxygens (including phenoxy) is 2. The summed E-state index contributed by atoms with van der Waals surface area (Å²) in [5.41, 5.74) is 1.47. The number of sulfonamides is 1. The van der Waals surface area contributed by atoms with Crippen LogP contribution in [0.2, 0.25) is 5.02 Å². The minimum absolute atomic E-state index is 0.0150. The molecule has 0 fully saturated rings. The van der Waals surface area contributed by atoms with Crippen molar-refractivity contribution in [2.45, 2.75) is 11.8 Å². The minimum atomic E-state index is -3.99. The Morgan fingerprint density at radius 2 is 1.75 bits per heavy atom. The predicted octanol–water partition coefficient (Wildman–Crippen LogP) is 4.27. The third kappa shape index (κ3) is 5.93. The summed E-state index contributed by atoms with van der Waals surface area (Å²) in [6.07, 6.45) is 0. The minimum Gasteiger partial charge on any atom is -0.493 e. The smallest absolute Gasteiger partial charge is 0.263 e. The van der Waals surface area contributed by atoms with Crippen molar-refractivity contribution in [1.29, 1.82) is 0 Å². The number of amides is 1. The summed E-state index contributed by atoms with van der Waals surface area (Å²) in [7, 11) is -2.44. The highest BCUT2D eigenvalue weighted by atomic mass is 35.5. The number of nitrogens with one attached hydrogen (secondary N) is 2. The lowest BCUT2D eigenvalue weighted by atomic mass is 10.2. The molecule has 0 aromatic heterocycles. The SMILES string of the molecule is COc1ccccc1OCCNC(=O)c1ccc(Cl)c(S(=O)(=O)Nc2cccc(C)c2)c1. The van der Waals surface area contributed by atoms with Crippen molar-refractivity contribution in [2.75, 3.05) is 25.0 Å². The van der Waals surface area contributed by atoms with Crippen LogP contribution in [-0.2, 0) is 10.0 Å². The number of carbonyl (C=O) groups excluding carboxylic acids is 1. The molecule has 0 spiro atoms. The predicted molar refractivity (Wildman–Crippen MR) is 124 cm³/mol. The van der Waals surface area contributed by atoms with E-state index in [0.717, 1.165) is 5.56 Å². The molecule has 32 heavy (non-hydrogen) atoms. The molecule has 3 aromatic rings. The molecule has 0 bridgehead atoms. The van der Waals surface area contributed by atoms with E-state index in [0.29, 0.717) is 17.2 Å². The Balaban J connectivity index is 1.66. The molecule has 0 aliphatic rings. The van der Waals surface area contributed by atoms with Gasteiger partial charge in [0.25, 0.3) is 15.9 Å². The molecule has 3 aromatic carbocycles. The van der Waals surface area contributed by atoms with Crippen LogP contribution in [0.15, 0.2) is 71.6 Å². The van der Waals surface area contributed by atoms with E-state index in [1.165, 1.54) is 18.2 Å². The molecule has 0 saturated heterocycles. The second kappa shape index (κ2) is 10.4. The molecular weight excluding hydrogens is 452 g/mol. The highest BCUT2D eigenvalue weighted by Gasteiger charge is 2.20. The molecule has 168 valence electrons. The molecule has 9 heteroatoms. The van der Waals surface area contributed by atoms with Gasteiger partial charge in [-0.3, -0.25) is 9.52 Å². The number of benzene rings is 3. The molecule has 0 unspecified atom stereocenters. The average molecular weight is 475 g/mol. The van der Waals surface area contributed by atoms with Crippen LogP contribution in [0.5, 0.6) is 11.5 Å².